The van der Waals surface area contributed by atoms with E-state index in [9.17, 15) is 22.8 Å². The summed E-state index contributed by atoms with van der Waals surface area (Å²) in [4.78, 5) is 9.05. The van der Waals surface area contributed by atoms with E-state index in [-0.39, 0.29) is 13.2 Å². The number of hydrogen-bond acceptors (Lipinski definition) is 7. The number of hydrogen-bond donors (Lipinski definition) is 2. The van der Waals surface area contributed by atoms with Gasteiger partial charge in [0.1, 0.15) is 0 Å². The van der Waals surface area contributed by atoms with Gasteiger partial charge in [0.2, 0.25) is 0 Å². The predicted octanol–water partition coefficient (Wildman–Crippen LogP) is 5.58. The number of halogens is 3. The number of aliphatic hydroxyl groups is 1. The average Bonchev–Trinajstić information content (AvgIpc) is 2.63. The first kappa shape index (κ1) is 29.5. The number of phosphoric acid groups is 1. The fourth-order valence-electron chi connectivity index (χ4n) is 2.02. The number of phosphoric ester groups is 1. The van der Waals surface area contributed by atoms with Crippen LogP contribution in [-0.4, -0.2) is 59.7 Å². The molecule has 0 aromatic carbocycles. The molecule has 0 rings (SSSR count). The van der Waals surface area contributed by atoms with Gasteiger partial charge in [-0.1, -0.05) is 53.7 Å². The van der Waals surface area contributed by atoms with Gasteiger partial charge in [-0.2, -0.15) is 13.2 Å². The Balaban J connectivity index is 3.41. The maximum atomic E-state index is 12.6. The topological polar surface area (TPSA) is 85.2 Å². The Labute approximate surface area is 179 Å². The minimum atomic E-state index is -4.34. The summed E-state index contributed by atoms with van der Waals surface area (Å²) in [5, 5.41) is 9.64. The molecule has 0 aromatic rings. The molecule has 0 radical (unpaired) electrons. The van der Waals surface area contributed by atoms with Crippen LogP contribution in [0.4, 0.5) is 13.2 Å². The van der Waals surface area contributed by atoms with Crippen LogP contribution in [0.3, 0.4) is 0 Å². The van der Waals surface area contributed by atoms with Crippen molar-refractivity contribution >= 4 is 29.4 Å². The third-order valence-corrected chi connectivity index (χ3v) is 7.51. The normalized spacial score (nSPS) is 16.0. The number of aliphatic hydroxyl groups excluding tert-OH is 1. The summed E-state index contributed by atoms with van der Waals surface area (Å²) in [7, 11) is 0.132. The lowest BCUT2D eigenvalue weighted by atomic mass is 10.1. The molecular weight excluding hydrogens is 452 g/mol. The summed E-state index contributed by atoms with van der Waals surface area (Å²) >= 11 is 0. The summed E-state index contributed by atoms with van der Waals surface area (Å²) in [6.07, 6.45) is 1.56. The molecule has 2 N–H and O–H groups in total. The molecule has 6 nitrogen and oxygen atoms in total. The van der Waals surface area contributed by atoms with E-state index in [1.165, 1.54) is 10.8 Å². The van der Waals surface area contributed by atoms with Gasteiger partial charge in [0, 0.05) is 25.2 Å². The standard InChI is InChI=1S/C17H34F3O6PS2/c1-16(2,17(18,19)20)25-11-9-7-5-4-6-8-10-12-28-29-14-15(21)13-26-27(22,23)24-3/h15,21H,4-14H2,1-3H3,(H,22,23). The van der Waals surface area contributed by atoms with Crippen LogP contribution in [0.25, 0.3) is 0 Å². The number of alkyl halides is 3. The van der Waals surface area contributed by atoms with Crippen LogP contribution in [0, 0.1) is 0 Å². The van der Waals surface area contributed by atoms with Crippen LogP contribution >= 0.6 is 29.4 Å². The zero-order chi connectivity index (χ0) is 22.4. The molecule has 0 amide bonds. The van der Waals surface area contributed by atoms with Crippen molar-refractivity contribution < 1.29 is 41.5 Å². The van der Waals surface area contributed by atoms with Crippen LogP contribution in [0.2, 0.25) is 0 Å². The summed E-state index contributed by atoms with van der Waals surface area (Å²) < 4.78 is 62.7. The second kappa shape index (κ2) is 15.3. The molecule has 0 saturated heterocycles. The highest BCUT2D eigenvalue weighted by atomic mass is 33.1. The quantitative estimate of drug-likeness (QED) is 0.148. The van der Waals surface area contributed by atoms with Crippen molar-refractivity contribution in [2.75, 3.05) is 31.8 Å². The number of rotatable bonds is 18. The van der Waals surface area contributed by atoms with Gasteiger partial charge in [-0.25, -0.2) is 4.57 Å². The third kappa shape index (κ3) is 15.9. The Bertz CT molecular complexity index is 469. The average molecular weight is 487 g/mol. The van der Waals surface area contributed by atoms with Crippen LogP contribution < -0.4 is 0 Å². The molecule has 0 spiro atoms. The van der Waals surface area contributed by atoms with Crippen LogP contribution in [0.5, 0.6) is 0 Å². The van der Waals surface area contributed by atoms with Gasteiger partial charge < -0.3 is 14.7 Å². The van der Waals surface area contributed by atoms with E-state index in [1.807, 2.05) is 0 Å². The highest BCUT2D eigenvalue weighted by molar-refractivity contribution is 8.76. The molecule has 0 aliphatic rings. The Morgan fingerprint density at radius 2 is 1.55 bits per heavy atom. The van der Waals surface area contributed by atoms with Crippen molar-refractivity contribution in [2.45, 2.75) is 76.7 Å². The van der Waals surface area contributed by atoms with Crippen molar-refractivity contribution in [1.29, 1.82) is 0 Å². The monoisotopic (exact) mass is 486 g/mol. The second-order valence-corrected chi connectivity index (χ2v) is 11.2. The van der Waals surface area contributed by atoms with Crippen molar-refractivity contribution in [1.82, 2.24) is 0 Å². The SMILES string of the molecule is COP(=O)(O)OCC(O)CSSCCCCCCCCCOC(C)(C)C(F)(F)F. The fourth-order valence-corrected chi connectivity index (χ4v) is 4.74. The molecule has 0 heterocycles. The first-order chi connectivity index (χ1) is 13.4. The van der Waals surface area contributed by atoms with Crippen LogP contribution in [0.1, 0.15) is 58.8 Å². The molecule has 12 heteroatoms. The first-order valence-corrected chi connectivity index (χ1v) is 13.6. The van der Waals surface area contributed by atoms with E-state index < -0.39 is 25.7 Å². The van der Waals surface area contributed by atoms with Gasteiger partial charge in [-0.05, 0) is 26.7 Å². The number of unbranched alkanes of at least 4 members (excludes halogenated alkanes) is 6. The highest BCUT2D eigenvalue weighted by Crippen LogP contribution is 2.42. The van der Waals surface area contributed by atoms with E-state index in [0.717, 1.165) is 65.2 Å². The smallest absolute Gasteiger partial charge is 0.390 e. The Morgan fingerprint density at radius 1 is 1.00 bits per heavy atom. The van der Waals surface area contributed by atoms with E-state index >= 15 is 0 Å². The lowest BCUT2D eigenvalue weighted by molar-refractivity contribution is -0.263. The molecule has 0 bridgehead atoms. The summed E-state index contributed by atoms with van der Waals surface area (Å²) in [6, 6.07) is 0. The van der Waals surface area contributed by atoms with Crippen molar-refractivity contribution in [3.05, 3.63) is 0 Å². The van der Waals surface area contributed by atoms with E-state index in [2.05, 4.69) is 9.05 Å². The largest absolute Gasteiger partial charge is 0.472 e. The fraction of sp³-hybridized carbons (Fsp3) is 1.00. The van der Waals surface area contributed by atoms with E-state index in [0.29, 0.717) is 12.2 Å². The molecule has 29 heavy (non-hydrogen) atoms. The lowest BCUT2D eigenvalue weighted by Crippen LogP contribution is -2.42. The van der Waals surface area contributed by atoms with Crippen LogP contribution in [-0.2, 0) is 18.3 Å². The van der Waals surface area contributed by atoms with Gasteiger partial charge in [0.15, 0.2) is 5.60 Å². The summed E-state index contributed by atoms with van der Waals surface area (Å²) in [5.74, 6) is 1.33. The van der Waals surface area contributed by atoms with Gasteiger partial charge in [-0.3, -0.25) is 9.05 Å². The second-order valence-electron chi connectivity index (χ2n) is 7.04. The Kier molecular flexibility index (Phi) is 15.6. The third-order valence-electron chi connectivity index (χ3n) is 4.02. The molecule has 2 unspecified atom stereocenters. The first-order valence-electron chi connectivity index (χ1n) is 9.57. The van der Waals surface area contributed by atoms with Gasteiger partial charge >= 0.3 is 14.0 Å². The molecule has 176 valence electrons. The van der Waals surface area contributed by atoms with Crippen LogP contribution in [0.15, 0.2) is 0 Å². The Morgan fingerprint density at radius 3 is 2.10 bits per heavy atom. The minimum Gasteiger partial charge on any atom is -0.390 e. The molecule has 0 aliphatic heterocycles. The minimum absolute atomic E-state index is 0.124. The maximum Gasteiger partial charge on any atom is 0.472 e. The zero-order valence-electron chi connectivity index (χ0n) is 17.3. The molecular formula is C17H34F3O6PS2. The molecule has 2 atom stereocenters. The maximum absolute atomic E-state index is 12.6. The molecule has 0 fully saturated rings. The van der Waals surface area contributed by atoms with Gasteiger partial charge in [-0.15, -0.1) is 0 Å². The zero-order valence-corrected chi connectivity index (χ0v) is 19.8. The van der Waals surface area contributed by atoms with Crippen molar-refractivity contribution in [3.63, 3.8) is 0 Å². The van der Waals surface area contributed by atoms with Crippen molar-refractivity contribution in [3.8, 4) is 0 Å². The van der Waals surface area contributed by atoms with Crippen molar-refractivity contribution in [2.24, 2.45) is 0 Å². The molecule has 0 aliphatic carbocycles. The summed E-state index contributed by atoms with van der Waals surface area (Å²) in [5.41, 5.74) is -2.09. The van der Waals surface area contributed by atoms with E-state index in [1.54, 1.807) is 10.8 Å². The molecule has 0 aromatic heterocycles. The molecule has 0 saturated carbocycles. The Hall–Kier alpha value is 0.520. The predicted molar refractivity (Wildman–Crippen MR) is 112 cm³/mol. The van der Waals surface area contributed by atoms with Gasteiger partial charge in [0.05, 0.1) is 12.7 Å². The lowest BCUT2D eigenvalue weighted by Gasteiger charge is -2.27. The number of ether oxygens (including phenoxy) is 1. The summed E-state index contributed by atoms with van der Waals surface area (Å²) in [6.45, 7) is 1.96. The highest BCUT2D eigenvalue weighted by Gasteiger charge is 2.48. The van der Waals surface area contributed by atoms with E-state index in [4.69, 9.17) is 9.63 Å². The van der Waals surface area contributed by atoms with Gasteiger partial charge in [0.25, 0.3) is 0 Å².